The normalized spacial score (nSPS) is 15.7. The smallest absolute Gasteiger partial charge is 0.255 e. The molecule has 2 heterocycles. The van der Waals surface area contributed by atoms with Crippen LogP contribution in [0.2, 0.25) is 0 Å². The van der Waals surface area contributed by atoms with E-state index < -0.39 is 0 Å². The lowest BCUT2D eigenvalue weighted by Gasteiger charge is -2.32. The van der Waals surface area contributed by atoms with Crippen LogP contribution in [-0.4, -0.2) is 41.0 Å². The molecule has 0 radical (unpaired) electrons. The summed E-state index contributed by atoms with van der Waals surface area (Å²) >= 11 is 3.45. The van der Waals surface area contributed by atoms with Crippen molar-refractivity contribution in [3.05, 3.63) is 58.3 Å². The molecule has 3 rings (SSSR count). The second-order valence-electron chi connectivity index (χ2n) is 7.15. The summed E-state index contributed by atoms with van der Waals surface area (Å²) in [5.41, 5.74) is 1.67. The summed E-state index contributed by atoms with van der Waals surface area (Å²) in [6.07, 6.45) is 3.73. The third-order valence-electron chi connectivity index (χ3n) is 4.59. The van der Waals surface area contributed by atoms with Crippen molar-refractivity contribution in [1.29, 1.82) is 0 Å². The van der Waals surface area contributed by atoms with Gasteiger partial charge in [0.15, 0.2) is 0 Å². The number of benzene rings is 1. The van der Waals surface area contributed by atoms with Gasteiger partial charge in [0.2, 0.25) is 0 Å². The highest BCUT2D eigenvalue weighted by molar-refractivity contribution is 9.10. The molecule has 1 N–H and O–H groups in total. The van der Waals surface area contributed by atoms with E-state index in [1.54, 1.807) is 0 Å². The van der Waals surface area contributed by atoms with Gasteiger partial charge in [-0.15, -0.1) is 0 Å². The molecule has 5 nitrogen and oxygen atoms in total. The van der Waals surface area contributed by atoms with Gasteiger partial charge in [-0.25, -0.2) is 0 Å². The fourth-order valence-corrected chi connectivity index (χ4v) is 3.59. The molecule has 0 bridgehead atoms. The van der Waals surface area contributed by atoms with Gasteiger partial charge in [-0.1, -0.05) is 22.0 Å². The molecular formula is C21H26BrN3O2. The van der Waals surface area contributed by atoms with E-state index in [1.807, 2.05) is 50.4 Å². The molecule has 6 heteroatoms. The molecule has 0 saturated carbocycles. The lowest BCUT2D eigenvalue weighted by atomic mass is 10.0. The average molecular weight is 432 g/mol. The number of likely N-dealkylation sites (tertiary alicyclic amines) is 1. The Morgan fingerprint density at radius 1 is 1.30 bits per heavy atom. The molecule has 1 amide bonds. The summed E-state index contributed by atoms with van der Waals surface area (Å²) < 4.78 is 6.71. The Labute approximate surface area is 169 Å². The van der Waals surface area contributed by atoms with Crippen molar-refractivity contribution in [1.82, 2.24) is 15.2 Å². The summed E-state index contributed by atoms with van der Waals surface area (Å²) in [5, 5.41) is 3.18. The number of hydrogen-bond donors (Lipinski definition) is 1. The van der Waals surface area contributed by atoms with Crippen molar-refractivity contribution in [2.24, 2.45) is 0 Å². The maximum Gasteiger partial charge on any atom is 0.255 e. The predicted molar refractivity (Wildman–Crippen MR) is 110 cm³/mol. The van der Waals surface area contributed by atoms with Crippen LogP contribution >= 0.6 is 15.9 Å². The second-order valence-corrected chi connectivity index (χ2v) is 8.07. The number of amides is 1. The molecule has 27 heavy (non-hydrogen) atoms. The highest BCUT2D eigenvalue weighted by Gasteiger charge is 2.23. The van der Waals surface area contributed by atoms with E-state index in [9.17, 15) is 4.79 Å². The van der Waals surface area contributed by atoms with Gasteiger partial charge >= 0.3 is 0 Å². The molecular weight excluding hydrogens is 406 g/mol. The Hall–Kier alpha value is -1.92. The summed E-state index contributed by atoms with van der Waals surface area (Å²) in [6.45, 7) is 6.69. The van der Waals surface area contributed by atoms with Crippen LogP contribution in [0.25, 0.3) is 0 Å². The van der Waals surface area contributed by atoms with E-state index in [0.717, 1.165) is 42.6 Å². The minimum Gasteiger partial charge on any atom is -0.490 e. The van der Waals surface area contributed by atoms with Crippen molar-refractivity contribution in [2.75, 3.05) is 13.1 Å². The van der Waals surface area contributed by atoms with E-state index in [1.165, 1.54) is 0 Å². The van der Waals surface area contributed by atoms with Crippen LogP contribution in [0.4, 0.5) is 0 Å². The van der Waals surface area contributed by atoms with Gasteiger partial charge in [-0.3, -0.25) is 14.7 Å². The van der Waals surface area contributed by atoms with Crippen molar-refractivity contribution in [2.45, 2.75) is 45.4 Å². The Balaban J connectivity index is 1.55. The first-order valence-corrected chi connectivity index (χ1v) is 10.2. The number of pyridine rings is 1. The quantitative estimate of drug-likeness (QED) is 0.749. The van der Waals surface area contributed by atoms with E-state index in [0.29, 0.717) is 11.3 Å². The van der Waals surface area contributed by atoms with Crippen molar-refractivity contribution in [3.63, 3.8) is 0 Å². The topological polar surface area (TPSA) is 54.5 Å². The molecule has 1 fully saturated rings. The van der Waals surface area contributed by atoms with E-state index >= 15 is 0 Å². The fourth-order valence-electron chi connectivity index (χ4n) is 3.25. The molecule has 0 unspecified atom stereocenters. The van der Waals surface area contributed by atoms with Crippen LogP contribution in [-0.2, 0) is 6.54 Å². The monoisotopic (exact) mass is 431 g/mol. The first-order valence-electron chi connectivity index (χ1n) is 9.40. The van der Waals surface area contributed by atoms with Crippen LogP contribution < -0.4 is 10.1 Å². The Morgan fingerprint density at radius 3 is 2.74 bits per heavy atom. The SMILES string of the molecule is CC(C)Oc1cc(Br)ccc1C(=O)NC1CCN(Cc2ccccn2)CC1. The molecule has 1 aromatic heterocycles. The first kappa shape index (κ1) is 19.8. The number of piperidine rings is 1. The lowest BCUT2D eigenvalue weighted by molar-refractivity contribution is 0.0902. The number of nitrogens with one attached hydrogen (secondary N) is 1. The Bertz CT molecular complexity index is 759. The number of rotatable bonds is 6. The van der Waals surface area contributed by atoms with Crippen LogP contribution in [0.5, 0.6) is 5.75 Å². The van der Waals surface area contributed by atoms with Crippen LogP contribution in [0.3, 0.4) is 0 Å². The highest BCUT2D eigenvalue weighted by Crippen LogP contribution is 2.25. The molecule has 144 valence electrons. The molecule has 0 aliphatic carbocycles. The summed E-state index contributed by atoms with van der Waals surface area (Å²) in [4.78, 5) is 19.5. The average Bonchev–Trinajstić information content (AvgIpc) is 2.64. The van der Waals surface area contributed by atoms with Crippen molar-refractivity contribution < 1.29 is 9.53 Å². The van der Waals surface area contributed by atoms with E-state index in [2.05, 4.69) is 37.2 Å². The molecule has 1 aromatic carbocycles. The van der Waals surface area contributed by atoms with E-state index in [-0.39, 0.29) is 18.1 Å². The number of carbonyl (C=O) groups excluding carboxylic acids is 1. The zero-order valence-electron chi connectivity index (χ0n) is 15.8. The third kappa shape index (κ3) is 5.78. The van der Waals surface area contributed by atoms with Crippen LogP contribution in [0, 0.1) is 0 Å². The number of halogens is 1. The predicted octanol–water partition coefficient (Wildman–Crippen LogP) is 4.03. The highest BCUT2D eigenvalue weighted by atomic mass is 79.9. The first-order chi connectivity index (χ1) is 13.0. The van der Waals surface area contributed by atoms with E-state index in [4.69, 9.17) is 4.74 Å². The number of ether oxygens (including phenoxy) is 1. The zero-order valence-corrected chi connectivity index (χ0v) is 17.4. The zero-order chi connectivity index (χ0) is 19.2. The van der Waals surface area contributed by atoms with Gasteiger partial charge in [0, 0.05) is 36.3 Å². The fraction of sp³-hybridized carbons (Fsp3) is 0.429. The van der Waals surface area contributed by atoms with Gasteiger partial charge in [0.25, 0.3) is 5.91 Å². The molecule has 0 atom stereocenters. The Morgan fingerprint density at radius 2 is 2.07 bits per heavy atom. The van der Waals surface area contributed by atoms with Gasteiger partial charge in [-0.05, 0) is 57.0 Å². The standard InChI is InChI=1S/C21H26BrN3O2/c1-15(2)27-20-13-16(22)6-7-19(20)21(26)24-17-8-11-25(12-9-17)14-18-5-3-4-10-23-18/h3-7,10,13,15,17H,8-9,11-12,14H2,1-2H3,(H,24,26). The number of aromatic nitrogens is 1. The van der Waals surface area contributed by atoms with Gasteiger partial charge in [0.05, 0.1) is 17.4 Å². The number of hydrogen-bond acceptors (Lipinski definition) is 4. The molecule has 0 spiro atoms. The maximum atomic E-state index is 12.8. The molecule has 2 aromatic rings. The Kier molecular flexibility index (Phi) is 6.85. The van der Waals surface area contributed by atoms with Crippen molar-refractivity contribution in [3.8, 4) is 5.75 Å². The minimum absolute atomic E-state index is 0.0145. The van der Waals surface area contributed by atoms with Crippen LogP contribution in [0.15, 0.2) is 47.1 Å². The van der Waals surface area contributed by atoms with Gasteiger partial charge in [0.1, 0.15) is 5.75 Å². The maximum absolute atomic E-state index is 12.8. The third-order valence-corrected chi connectivity index (χ3v) is 5.08. The summed E-state index contributed by atoms with van der Waals surface area (Å²) in [5.74, 6) is 0.547. The number of carbonyl (C=O) groups is 1. The minimum atomic E-state index is -0.0682. The largest absolute Gasteiger partial charge is 0.490 e. The van der Waals surface area contributed by atoms with Gasteiger partial charge in [-0.2, -0.15) is 0 Å². The van der Waals surface area contributed by atoms with Crippen molar-refractivity contribution >= 4 is 21.8 Å². The van der Waals surface area contributed by atoms with Gasteiger partial charge < -0.3 is 10.1 Å². The van der Waals surface area contributed by atoms with Crippen LogP contribution in [0.1, 0.15) is 42.7 Å². The summed E-state index contributed by atoms with van der Waals surface area (Å²) in [7, 11) is 0. The number of nitrogens with zero attached hydrogens (tertiary/aromatic N) is 2. The molecule has 1 saturated heterocycles. The lowest BCUT2D eigenvalue weighted by Crippen LogP contribution is -2.44. The molecule has 1 aliphatic heterocycles. The summed E-state index contributed by atoms with van der Waals surface area (Å²) in [6, 6.07) is 11.7. The second kappa shape index (κ2) is 9.33. The molecule has 1 aliphatic rings.